The summed E-state index contributed by atoms with van der Waals surface area (Å²) in [5.41, 5.74) is 1.96. The monoisotopic (exact) mass is 348 g/mol. The molecule has 7 heteroatoms. The fraction of sp³-hybridized carbons (Fsp3) is 0.588. The van der Waals surface area contributed by atoms with Gasteiger partial charge in [-0.2, -0.15) is 5.10 Å². The highest BCUT2D eigenvalue weighted by Gasteiger charge is 2.26. The van der Waals surface area contributed by atoms with E-state index in [4.69, 9.17) is 4.74 Å². The van der Waals surface area contributed by atoms with Crippen molar-refractivity contribution in [2.75, 3.05) is 19.7 Å². The standard InChI is InChI=1S/C17H24N4O2S/c1-3-23-12(2)17-19-14(11-24-17)9-16(22)21-8-4-5-13(10-21)15-6-7-18-20-15/h6-7,11-13H,3-5,8-10H2,1-2H3,(H,18,20)/t12-,13+/m1/s1. The van der Waals surface area contributed by atoms with Crippen LogP contribution in [0.1, 0.15) is 55.1 Å². The third-order valence-electron chi connectivity index (χ3n) is 4.40. The number of aromatic nitrogens is 3. The van der Waals surface area contributed by atoms with E-state index in [1.807, 2.05) is 30.2 Å². The van der Waals surface area contributed by atoms with Gasteiger partial charge in [-0.1, -0.05) is 0 Å². The van der Waals surface area contributed by atoms with Gasteiger partial charge in [0, 0.05) is 42.9 Å². The van der Waals surface area contributed by atoms with E-state index in [0.29, 0.717) is 18.9 Å². The Kier molecular flexibility index (Phi) is 5.63. The molecule has 1 N–H and O–H groups in total. The highest BCUT2D eigenvalue weighted by molar-refractivity contribution is 7.09. The zero-order valence-corrected chi connectivity index (χ0v) is 15.0. The molecule has 0 radical (unpaired) electrons. The average molecular weight is 348 g/mol. The number of hydrogen-bond donors (Lipinski definition) is 1. The second-order valence-corrected chi connectivity index (χ2v) is 7.03. The third-order valence-corrected chi connectivity index (χ3v) is 5.46. The van der Waals surface area contributed by atoms with Crippen molar-refractivity contribution in [1.29, 1.82) is 0 Å². The molecule has 1 aliphatic rings. The molecule has 0 unspecified atom stereocenters. The predicted molar refractivity (Wildman–Crippen MR) is 93.0 cm³/mol. The fourth-order valence-electron chi connectivity index (χ4n) is 3.13. The normalized spacial score (nSPS) is 19.4. The Hall–Kier alpha value is -1.73. The number of carbonyl (C=O) groups is 1. The van der Waals surface area contributed by atoms with Crippen LogP contribution in [0.5, 0.6) is 0 Å². The first kappa shape index (κ1) is 17.1. The van der Waals surface area contributed by atoms with Crippen LogP contribution in [0, 0.1) is 0 Å². The van der Waals surface area contributed by atoms with Crippen molar-refractivity contribution < 1.29 is 9.53 Å². The Labute approximate surface area is 146 Å². The summed E-state index contributed by atoms with van der Waals surface area (Å²) in [5.74, 6) is 0.509. The Morgan fingerprint density at radius 1 is 1.58 bits per heavy atom. The number of nitrogens with zero attached hydrogens (tertiary/aromatic N) is 3. The quantitative estimate of drug-likeness (QED) is 0.871. The number of rotatable bonds is 6. The molecule has 0 saturated carbocycles. The van der Waals surface area contributed by atoms with Crippen LogP contribution in [0.2, 0.25) is 0 Å². The lowest BCUT2D eigenvalue weighted by Crippen LogP contribution is -2.40. The number of nitrogens with one attached hydrogen (secondary N) is 1. The molecular formula is C17H24N4O2S. The molecule has 2 atom stereocenters. The number of piperidine rings is 1. The Balaban J connectivity index is 1.58. The minimum absolute atomic E-state index is 0.0106. The van der Waals surface area contributed by atoms with E-state index in [9.17, 15) is 4.79 Å². The topological polar surface area (TPSA) is 71.1 Å². The van der Waals surface area contributed by atoms with Crippen LogP contribution in [0.3, 0.4) is 0 Å². The maximum absolute atomic E-state index is 12.6. The van der Waals surface area contributed by atoms with Crippen molar-refractivity contribution in [3.63, 3.8) is 0 Å². The summed E-state index contributed by atoms with van der Waals surface area (Å²) in [6.45, 7) is 6.22. The fourth-order valence-corrected chi connectivity index (χ4v) is 3.95. The maximum atomic E-state index is 12.6. The number of aromatic amines is 1. The summed E-state index contributed by atoms with van der Waals surface area (Å²) in [4.78, 5) is 19.1. The van der Waals surface area contributed by atoms with Gasteiger partial charge in [0.25, 0.3) is 0 Å². The van der Waals surface area contributed by atoms with Crippen molar-refractivity contribution in [3.05, 3.63) is 34.0 Å². The SMILES string of the molecule is CCO[C@H](C)c1nc(CC(=O)N2CCC[C@H](c3ccn[nH]3)C2)cs1. The van der Waals surface area contributed by atoms with Gasteiger partial charge < -0.3 is 9.64 Å². The van der Waals surface area contributed by atoms with E-state index in [0.717, 1.165) is 42.3 Å². The molecule has 3 rings (SSSR count). The van der Waals surface area contributed by atoms with Gasteiger partial charge in [-0.25, -0.2) is 4.98 Å². The first-order valence-electron chi connectivity index (χ1n) is 8.50. The number of likely N-dealkylation sites (tertiary alicyclic amines) is 1. The van der Waals surface area contributed by atoms with Crippen LogP contribution < -0.4 is 0 Å². The third kappa shape index (κ3) is 4.02. The van der Waals surface area contributed by atoms with Gasteiger partial charge in [-0.15, -0.1) is 11.3 Å². The Morgan fingerprint density at radius 3 is 3.21 bits per heavy atom. The van der Waals surface area contributed by atoms with Gasteiger partial charge >= 0.3 is 0 Å². The lowest BCUT2D eigenvalue weighted by Gasteiger charge is -2.32. The minimum atomic E-state index is -0.0106. The average Bonchev–Trinajstić information content (AvgIpc) is 3.27. The number of thiazole rings is 1. The van der Waals surface area contributed by atoms with E-state index >= 15 is 0 Å². The number of amides is 1. The van der Waals surface area contributed by atoms with Crippen LogP contribution in [-0.4, -0.2) is 45.7 Å². The summed E-state index contributed by atoms with van der Waals surface area (Å²) in [5, 5.41) is 9.96. The highest BCUT2D eigenvalue weighted by atomic mass is 32.1. The minimum Gasteiger partial charge on any atom is -0.372 e. The van der Waals surface area contributed by atoms with Crippen molar-refractivity contribution in [2.45, 2.75) is 45.1 Å². The zero-order valence-electron chi connectivity index (χ0n) is 14.2. The summed E-state index contributed by atoms with van der Waals surface area (Å²) < 4.78 is 5.56. The number of hydrogen-bond acceptors (Lipinski definition) is 5. The predicted octanol–water partition coefficient (Wildman–Crippen LogP) is 2.91. The molecule has 2 aromatic heterocycles. The van der Waals surface area contributed by atoms with Crippen molar-refractivity contribution in [2.24, 2.45) is 0 Å². The molecule has 130 valence electrons. The number of ether oxygens (including phenoxy) is 1. The molecule has 1 saturated heterocycles. The van der Waals surface area contributed by atoms with Gasteiger partial charge in [0.15, 0.2) is 0 Å². The molecule has 6 nitrogen and oxygen atoms in total. The van der Waals surface area contributed by atoms with Crippen LogP contribution in [0.4, 0.5) is 0 Å². The molecule has 1 fully saturated rings. The zero-order chi connectivity index (χ0) is 16.9. The van der Waals surface area contributed by atoms with Crippen LogP contribution >= 0.6 is 11.3 Å². The second-order valence-electron chi connectivity index (χ2n) is 6.14. The van der Waals surface area contributed by atoms with Crippen LogP contribution in [-0.2, 0) is 16.0 Å². The summed E-state index contributed by atoms with van der Waals surface area (Å²) in [6, 6.07) is 2.00. The number of carbonyl (C=O) groups excluding carboxylic acids is 1. The van der Waals surface area contributed by atoms with Gasteiger partial charge in [-0.05, 0) is 32.8 Å². The van der Waals surface area contributed by atoms with E-state index in [1.54, 1.807) is 17.5 Å². The highest BCUT2D eigenvalue weighted by Crippen LogP contribution is 2.26. The van der Waals surface area contributed by atoms with Gasteiger partial charge in [0.2, 0.25) is 5.91 Å². The molecule has 1 amide bonds. The van der Waals surface area contributed by atoms with Crippen LogP contribution in [0.15, 0.2) is 17.6 Å². The van der Waals surface area contributed by atoms with Crippen molar-refractivity contribution in [1.82, 2.24) is 20.1 Å². The molecule has 0 spiro atoms. The van der Waals surface area contributed by atoms with E-state index in [1.165, 1.54) is 0 Å². The van der Waals surface area contributed by atoms with Crippen LogP contribution in [0.25, 0.3) is 0 Å². The van der Waals surface area contributed by atoms with Gasteiger partial charge in [0.1, 0.15) is 11.1 Å². The Morgan fingerprint density at radius 2 is 2.46 bits per heavy atom. The van der Waals surface area contributed by atoms with E-state index in [2.05, 4.69) is 15.2 Å². The van der Waals surface area contributed by atoms with E-state index in [-0.39, 0.29) is 12.0 Å². The Bertz CT molecular complexity index is 655. The smallest absolute Gasteiger partial charge is 0.228 e. The first-order valence-corrected chi connectivity index (χ1v) is 9.38. The second kappa shape index (κ2) is 7.90. The van der Waals surface area contributed by atoms with Crippen molar-refractivity contribution >= 4 is 17.2 Å². The molecule has 0 bridgehead atoms. The van der Waals surface area contributed by atoms with Gasteiger partial charge in [0.05, 0.1) is 12.1 Å². The summed E-state index contributed by atoms with van der Waals surface area (Å²) >= 11 is 1.56. The summed E-state index contributed by atoms with van der Waals surface area (Å²) in [6.07, 6.45) is 4.25. The summed E-state index contributed by atoms with van der Waals surface area (Å²) in [7, 11) is 0. The molecule has 0 aromatic carbocycles. The molecule has 24 heavy (non-hydrogen) atoms. The molecule has 2 aromatic rings. The van der Waals surface area contributed by atoms with Gasteiger partial charge in [-0.3, -0.25) is 9.89 Å². The molecule has 3 heterocycles. The first-order chi connectivity index (χ1) is 11.7. The van der Waals surface area contributed by atoms with Crippen molar-refractivity contribution in [3.8, 4) is 0 Å². The largest absolute Gasteiger partial charge is 0.372 e. The molecule has 0 aliphatic carbocycles. The molecule has 1 aliphatic heterocycles. The number of H-pyrrole nitrogens is 1. The maximum Gasteiger partial charge on any atom is 0.228 e. The lowest BCUT2D eigenvalue weighted by atomic mass is 9.94. The lowest BCUT2D eigenvalue weighted by molar-refractivity contribution is -0.131. The molecular weight excluding hydrogens is 324 g/mol. The van der Waals surface area contributed by atoms with E-state index < -0.39 is 0 Å².